The lowest BCUT2D eigenvalue weighted by atomic mass is 9.99. The van der Waals surface area contributed by atoms with Gasteiger partial charge in [-0.1, -0.05) is 0 Å². The molecule has 0 fully saturated rings. The quantitative estimate of drug-likeness (QED) is 0.728. The fourth-order valence-electron chi connectivity index (χ4n) is 2.32. The van der Waals surface area contributed by atoms with E-state index in [-0.39, 0.29) is 5.78 Å². The third kappa shape index (κ3) is 2.60. The van der Waals surface area contributed by atoms with Crippen molar-refractivity contribution in [2.45, 2.75) is 32.1 Å². The normalized spacial score (nSPS) is 14.5. The van der Waals surface area contributed by atoms with E-state index >= 15 is 0 Å². The third-order valence-electron chi connectivity index (χ3n) is 3.24. The highest BCUT2D eigenvalue weighted by atomic mass is 79.9. The number of carbonyl (C=O) groups is 1. The van der Waals surface area contributed by atoms with Crippen molar-refractivity contribution in [1.29, 1.82) is 0 Å². The van der Waals surface area contributed by atoms with Gasteiger partial charge in [-0.25, -0.2) is 0 Å². The average molecular weight is 341 g/mol. The molecule has 0 saturated carbocycles. The molecule has 0 bridgehead atoms. The summed E-state index contributed by atoms with van der Waals surface area (Å²) in [6.45, 7) is 0. The molecule has 2 aromatic heterocycles. The van der Waals surface area contributed by atoms with Crippen LogP contribution in [0.5, 0.6) is 0 Å². The summed E-state index contributed by atoms with van der Waals surface area (Å²) < 4.78 is 1.09. The van der Waals surface area contributed by atoms with E-state index in [1.165, 1.54) is 23.3 Å². The Morgan fingerprint density at radius 2 is 2.06 bits per heavy atom. The summed E-state index contributed by atoms with van der Waals surface area (Å²) >= 11 is 6.79. The van der Waals surface area contributed by atoms with E-state index in [1.54, 1.807) is 22.7 Å². The Morgan fingerprint density at radius 3 is 2.78 bits per heavy atom. The van der Waals surface area contributed by atoms with E-state index in [1.807, 2.05) is 12.1 Å². The number of hydrogen-bond donors (Lipinski definition) is 0. The van der Waals surface area contributed by atoms with Crippen LogP contribution in [-0.4, -0.2) is 5.78 Å². The van der Waals surface area contributed by atoms with Gasteiger partial charge in [-0.3, -0.25) is 4.79 Å². The van der Waals surface area contributed by atoms with Crippen LogP contribution in [0.4, 0.5) is 0 Å². The second kappa shape index (κ2) is 5.27. The lowest BCUT2D eigenvalue weighted by Gasteiger charge is -2.08. The van der Waals surface area contributed by atoms with Gasteiger partial charge in [0.25, 0.3) is 0 Å². The topological polar surface area (TPSA) is 17.1 Å². The van der Waals surface area contributed by atoms with E-state index in [4.69, 9.17) is 0 Å². The van der Waals surface area contributed by atoms with Crippen LogP contribution in [0.3, 0.4) is 0 Å². The number of rotatable bonds is 3. The number of halogens is 1. The molecule has 0 spiro atoms. The lowest BCUT2D eigenvalue weighted by Crippen LogP contribution is -1.99. The molecule has 18 heavy (non-hydrogen) atoms. The first-order valence-corrected chi connectivity index (χ1v) is 8.54. The van der Waals surface area contributed by atoms with Crippen molar-refractivity contribution >= 4 is 44.4 Å². The van der Waals surface area contributed by atoms with Crippen LogP contribution < -0.4 is 0 Å². The summed E-state index contributed by atoms with van der Waals surface area (Å²) in [6.07, 6.45) is 5.41. The fraction of sp³-hybridized carbons (Fsp3) is 0.357. The summed E-state index contributed by atoms with van der Waals surface area (Å²) in [5, 5.41) is 0. The number of Topliss-reactive ketones (excluding diaryl/α,β-unsaturated/α-hetero) is 1. The molecule has 94 valence electrons. The maximum atomic E-state index is 12.2. The molecule has 0 N–H and O–H groups in total. The standard InChI is InChI=1S/C14H13BrOS2/c15-14-6-5-10(17-14)8-11(16)13-7-9-3-1-2-4-12(9)18-13/h5-7H,1-4,8H2. The Morgan fingerprint density at radius 1 is 1.22 bits per heavy atom. The number of fused-ring (bicyclic) bond motifs is 1. The average Bonchev–Trinajstić information content (AvgIpc) is 2.95. The van der Waals surface area contributed by atoms with Crippen molar-refractivity contribution < 1.29 is 4.79 Å². The number of hydrogen-bond acceptors (Lipinski definition) is 3. The van der Waals surface area contributed by atoms with Gasteiger partial charge in [0.15, 0.2) is 5.78 Å². The van der Waals surface area contributed by atoms with Crippen LogP contribution >= 0.6 is 38.6 Å². The van der Waals surface area contributed by atoms with Crippen LogP contribution in [-0.2, 0) is 19.3 Å². The maximum absolute atomic E-state index is 12.2. The summed E-state index contributed by atoms with van der Waals surface area (Å²) in [6, 6.07) is 6.16. The number of carbonyl (C=O) groups excluding carboxylic acids is 1. The molecule has 0 aromatic carbocycles. The monoisotopic (exact) mass is 340 g/mol. The zero-order chi connectivity index (χ0) is 12.5. The van der Waals surface area contributed by atoms with Crippen LogP contribution in [0.1, 0.15) is 37.8 Å². The predicted molar refractivity (Wildman–Crippen MR) is 81.0 cm³/mol. The summed E-state index contributed by atoms with van der Waals surface area (Å²) in [5.74, 6) is 0.267. The molecule has 0 amide bonds. The van der Waals surface area contributed by atoms with Crippen LogP contribution in [0.15, 0.2) is 22.0 Å². The highest BCUT2D eigenvalue weighted by molar-refractivity contribution is 9.11. The zero-order valence-corrected chi connectivity index (χ0v) is 13.1. The Kier molecular flexibility index (Phi) is 3.68. The molecule has 3 rings (SSSR count). The first kappa shape index (κ1) is 12.6. The molecular weight excluding hydrogens is 328 g/mol. The maximum Gasteiger partial charge on any atom is 0.177 e. The predicted octanol–water partition coefficient (Wildman–Crippen LogP) is 4.88. The Bertz CT molecular complexity index is 559. The van der Waals surface area contributed by atoms with Gasteiger partial charge in [-0.2, -0.15) is 0 Å². The minimum Gasteiger partial charge on any atom is -0.293 e. The van der Waals surface area contributed by atoms with Crippen molar-refractivity contribution in [2.24, 2.45) is 0 Å². The third-order valence-corrected chi connectivity index (χ3v) is 6.14. The second-order valence-electron chi connectivity index (χ2n) is 4.57. The van der Waals surface area contributed by atoms with Crippen molar-refractivity contribution in [3.63, 3.8) is 0 Å². The second-order valence-corrected chi connectivity index (χ2v) is 8.26. The Hall–Kier alpha value is -0.450. The minimum absolute atomic E-state index is 0.267. The van der Waals surface area contributed by atoms with Crippen LogP contribution in [0, 0.1) is 0 Å². The van der Waals surface area contributed by atoms with E-state index < -0.39 is 0 Å². The smallest absolute Gasteiger partial charge is 0.177 e. The molecule has 0 saturated heterocycles. The van der Waals surface area contributed by atoms with E-state index in [9.17, 15) is 4.79 Å². The van der Waals surface area contributed by atoms with Gasteiger partial charge < -0.3 is 0 Å². The summed E-state index contributed by atoms with van der Waals surface area (Å²) in [5.41, 5.74) is 1.42. The lowest BCUT2D eigenvalue weighted by molar-refractivity contribution is 0.0997. The Labute approximate surface area is 123 Å². The largest absolute Gasteiger partial charge is 0.293 e. The van der Waals surface area contributed by atoms with Crippen molar-refractivity contribution in [3.8, 4) is 0 Å². The number of ketones is 1. The van der Waals surface area contributed by atoms with Gasteiger partial charge in [0, 0.05) is 16.2 Å². The van der Waals surface area contributed by atoms with E-state index in [0.29, 0.717) is 6.42 Å². The van der Waals surface area contributed by atoms with Gasteiger partial charge >= 0.3 is 0 Å². The fourth-order valence-corrected chi connectivity index (χ4v) is 4.99. The van der Waals surface area contributed by atoms with Gasteiger partial charge in [0.2, 0.25) is 0 Å². The SMILES string of the molecule is O=C(Cc1ccc(Br)s1)c1cc2c(s1)CCCC2. The minimum atomic E-state index is 0.267. The van der Waals surface area contributed by atoms with Crippen molar-refractivity contribution in [2.75, 3.05) is 0 Å². The first-order valence-electron chi connectivity index (χ1n) is 6.11. The van der Waals surface area contributed by atoms with Gasteiger partial charge in [0.1, 0.15) is 0 Å². The van der Waals surface area contributed by atoms with Crippen LogP contribution in [0.2, 0.25) is 0 Å². The Balaban J connectivity index is 1.78. The molecule has 1 aliphatic carbocycles. The number of thiophene rings is 2. The van der Waals surface area contributed by atoms with Crippen LogP contribution in [0.25, 0.3) is 0 Å². The molecule has 4 heteroatoms. The van der Waals surface area contributed by atoms with Crippen molar-refractivity contribution in [1.82, 2.24) is 0 Å². The molecule has 2 heterocycles. The molecule has 0 atom stereocenters. The molecule has 1 aliphatic rings. The molecule has 0 unspecified atom stereocenters. The molecular formula is C14H13BrOS2. The van der Waals surface area contributed by atoms with Gasteiger partial charge in [0.05, 0.1) is 8.66 Å². The summed E-state index contributed by atoms with van der Waals surface area (Å²) in [4.78, 5) is 15.8. The molecule has 1 nitrogen and oxygen atoms in total. The van der Waals surface area contributed by atoms with Crippen molar-refractivity contribution in [3.05, 3.63) is 42.2 Å². The highest BCUT2D eigenvalue weighted by Gasteiger charge is 2.17. The first-order chi connectivity index (χ1) is 8.72. The van der Waals surface area contributed by atoms with E-state index in [2.05, 4.69) is 22.0 Å². The highest BCUT2D eigenvalue weighted by Crippen LogP contribution is 2.31. The summed E-state index contributed by atoms with van der Waals surface area (Å²) in [7, 11) is 0. The molecule has 2 aromatic rings. The van der Waals surface area contributed by atoms with Gasteiger partial charge in [-0.05, 0) is 65.4 Å². The molecule has 0 aliphatic heterocycles. The van der Waals surface area contributed by atoms with E-state index in [0.717, 1.165) is 26.4 Å². The van der Waals surface area contributed by atoms with Gasteiger partial charge in [-0.15, -0.1) is 22.7 Å². The molecule has 0 radical (unpaired) electrons. The number of aryl methyl sites for hydroxylation is 2. The zero-order valence-electron chi connectivity index (χ0n) is 9.87.